The number of carbonyl (C=O) groups excluding carboxylic acids is 2. The van der Waals surface area contributed by atoms with Crippen molar-refractivity contribution < 1.29 is 23.8 Å². The molecule has 0 aliphatic rings. The van der Waals surface area contributed by atoms with Crippen LogP contribution in [0.2, 0.25) is 0 Å². The number of hydrogen-bond donors (Lipinski definition) is 1. The molecule has 2 aromatic rings. The van der Waals surface area contributed by atoms with E-state index >= 15 is 0 Å². The van der Waals surface area contributed by atoms with Crippen LogP contribution in [-0.2, 0) is 20.1 Å². The van der Waals surface area contributed by atoms with Crippen LogP contribution in [0.5, 0.6) is 0 Å². The van der Waals surface area contributed by atoms with E-state index in [-0.39, 0.29) is 17.1 Å². The van der Waals surface area contributed by atoms with Crippen molar-refractivity contribution in [2.75, 3.05) is 11.1 Å². The highest BCUT2D eigenvalue weighted by atomic mass is 32.2. The third-order valence-electron chi connectivity index (χ3n) is 3.68. The van der Waals surface area contributed by atoms with Crippen LogP contribution in [0.4, 0.5) is 11.4 Å². The third-order valence-corrected chi connectivity index (χ3v) is 4.62. The summed E-state index contributed by atoms with van der Waals surface area (Å²) in [6, 6.07) is 5.74. The van der Waals surface area contributed by atoms with E-state index in [1.54, 1.807) is 13.0 Å². The molecule has 27 heavy (non-hydrogen) atoms. The lowest BCUT2D eigenvalue weighted by Gasteiger charge is -2.13. The molecule has 0 unspecified atom stereocenters. The topological polar surface area (TPSA) is 125 Å². The Labute approximate surface area is 159 Å². The van der Waals surface area contributed by atoms with E-state index < -0.39 is 22.9 Å². The number of nitro groups is 1. The van der Waals surface area contributed by atoms with Crippen molar-refractivity contribution in [3.05, 3.63) is 51.4 Å². The van der Waals surface area contributed by atoms with Gasteiger partial charge < -0.3 is 14.6 Å². The Morgan fingerprint density at radius 3 is 2.70 bits per heavy atom. The number of aryl methyl sites for hydroxylation is 2. The molecule has 0 aliphatic carbocycles. The Balaban J connectivity index is 1.83. The van der Waals surface area contributed by atoms with E-state index in [9.17, 15) is 19.7 Å². The van der Waals surface area contributed by atoms with E-state index in [4.69, 9.17) is 9.26 Å². The molecule has 1 heterocycles. The van der Waals surface area contributed by atoms with Crippen molar-refractivity contribution in [3.8, 4) is 0 Å². The van der Waals surface area contributed by atoms with E-state index in [1.807, 2.05) is 6.92 Å². The summed E-state index contributed by atoms with van der Waals surface area (Å²) in [6.45, 7) is 5.02. The monoisotopic (exact) mass is 393 g/mol. The first-order valence-electron chi connectivity index (χ1n) is 8.02. The highest BCUT2D eigenvalue weighted by Crippen LogP contribution is 2.23. The second-order valence-electron chi connectivity index (χ2n) is 5.69. The third kappa shape index (κ3) is 5.55. The highest BCUT2D eigenvalue weighted by molar-refractivity contribution is 7.99. The molecule has 0 bridgehead atoms. The molecule has 9 nitrogen and oxygen atoms in total. The summed E-state index contributed by atoms with van der Waals surface area (Å²) in [4.78, 5) is 34.4. The Morgan fingerprint density at radius 1 is 1.37 bits per heavy atom. The summed E-state index contributed by atoms with van der Waals surface area (Å²) >= 11 is 1.32. The molecule has 0 radical (unpaired) electrons. The zero-order valence-corrected chi connectivity index (χ0v) is 15.9. The molecule has 0 aliphatic heterocycles. The first kappa shape index (κ1) is 20.4. The van der Waals surface area contributed by atoms with Crippen LogP contribution in [0.15, 0.2) is 28.8 Å². The summed E-state index contributed by atoms with van der Waals surface area (Å²) in [7, 11) is 0. The molecule has 1 aromatic carbocycles. The Hall–Kier alpha value is -2.88. The van der Waals surface area contributed by atoms with Crippen LogP contribution in [0, 0.1) is 24.0 Å². The van der Waals surface area contributed by atoms with E-state index in [0.29, 0.717) is 11.5 Å². The maximum atomic E-state index is 12.1. The highest BCUT2D eigenvalue weighted by Gasteiger charge is 2.21. The fourth-order valence-corrected chi connectivity index (χ4v) is 3.16. The van der Waals surface area contributed by atoms with Crippen LogP contribution in [0.1, 0.15) is 23.9 Å². The predicted molar refractivity (Wildman–Crippen MR) is 99.4 cm³/mol. The first-order valence-corrected chi connectivity index (χ1v) is 9.18. The van der Waals surface area contributed by atoms with Crippen LogP contribution in [0.25, 0.3) is 0 Å². The second kappa shape index (κ2) is 9.17. The molecule has 1 N–H and O–H groups in total. The van der Waals surface area contributed by atoms with Crippen LogP contribution >= 0.6 is 11.8 Å². The van der Waals surface area contributed by atoms with Gasteiger partial charge in [0.05, 0.1) is 16.4 Å². The Morgan fingerprint density at radius 2 is 2.07 bits per heavy atom. The standard InChI is InChI=1S/C17H19N3O6S/c1-10-13(11(2)26-19-10)8-27-9-16(21)25-12(3)17(22)18-14-6-4-5-7-15(14)20(23)24/h4-7,12H,8-9H2,1-3H3,(H,18,22)/t12-/m0/s1. The van der Waals surface area contributed by atoms with Crippen LogP contribution < -0.4 is 5.32 Å². The minimum atomic E-state index is -1.09. The summed E-state index contributed by atoms with van der Waals surface area (Å²) in [5.41, 5.74) is 1.50. The molecule has 10 heteroatoms. The zero-order valence-electron chi connectivity index (χ0n) is 15.1. The maximum absolute atomic E-state index is 12.1. The summed E-state index contributed by atoms with van der Waals surface area (Å²) < 4.78 is 10.1. The van der Waals surface area contributed by atoms with Gasteiger partial charge in [-0.1, -0.05) is 17.3 Å². The average molecular weight is 393 g/mol. The molecule has 0 saturated heterocycles. The van der Waals surface area contributed by atoms with Gasteiger partial charge in [0.2, 0.25) is 0 Å². The van der Waals surface area contributed by atoms with Gasteiger partial charge in [-0.05, 0) is 26.8 Å². The van der Waals surface area contributed by atoms with Gasteiger partial charge >= 0.3 is 5.97 Å². The number of amides is 1. The SMILES string of the molecule is Cc1noc(C)c1CSCC(=O)O[C@@H](C)C(=O)Nc1ccccc1[N+](=O)[O-]. The van der Waals surface area contributed by atoms with Gasteiger partial charge in [-0.25, -0.2) is 0 Å². The van der Waals surface area contributed by atoms with Gasteiger partial charge in [0, 0.05) is 17.4 Å². The van der Waals surface area contributed by atoms with Crippen molar-refractivity contribution in [1.29, 1.82) is 0 Å². The van der Waals surface area contributed by atoms with Crippen molar-refractivity contribution in [2.24, 2.45) is 0 Å². The van der Waals surface area contributed by atoms with Crippen LogP contribution in [-0.4, -0.2) is 33.8 Å². The number of carbonyl (C=O) groups is 2. The number of nitrogens with zero attached hydrogens (tertiary/aromatic N) is 2. The van der Waals surface area contributed by atoms with Gasteiger partial charge in [0.1, 0.15) is 11.4 Å². The number of nitro benzene ring substituents is 1. The zero-order chi connectivity index (χ0) is 20.0. The lowest BCUT2D eigenvalue weighted by atomic mass is 10.2. The van der Waals surface area contributed by atoms with Crippen LogP contribution in [0.3, 0.4) is 0 Å². The fourth-order valence-electron chi connectivity index (χ4n) is 2.20. The van der Waals surface area contributed by atoms with Crippen molar-refractivity contribution >= 4 is 35.0 Å². The van der Waals surface area contributed by atoms with Crippen molar-refractivity contribution in [3.63, 3.8) is 0 Å². The number of anilines is 1. The second-order valence-corrected chi connectivity index (χ2v) is 6.68. The summed E-state index contributed by atoms with van der Waals surface area (Å²) in [5, 5.41) is 17.2. The number of nitrogens with one attached hydrogen (secondary N) is 1. The summed E-state index contributed by atoms with van der Waals surface area (Å²) in [5.74, 6) is 0.0798. The molecule has 1 amide bonds. The minimum absolute atomic E-state index is 0.0446. The smallest absolute Gasteiger partial charge is 0.316 e. The lowest BCUT2D eigenvalue weighted by Crippen LogP contribution is -2.30. The average Bonchev–Trinajstić information content (AvgIpc) is 2.93. The van der Waals surface area contributed by atoms with Crippen molar-refractivity contribution in [1.82, 2.24) is 5.16 Å². The largest absolute Gasteiger partial charge is 0.452 e. The first-order chi connectivity index (χ1) is 12.8. The number of hydrogen-bond acceptors (Lipinski definition) is 8. The quantitative estimate of drug-likeness (QED) is 0.412. The summed E-state index contributed by atoms with van der Waals surface area (Å²) in [6.07, 6.45) is -1.09. The molecule has 144 valence electrons. The number of benzene rings is 1. The lowest BCUT2D eigenvalue weighted by molar-refractivity contribution is -0.383. The number of esters is 1. The van der Waals surface area contributed by atoms with Gasteiger partial charge in [0.25, 0.3) is 11.6 Å². The normalized spacial score (nSPS) is 11.7. The van der Waals surface area contributed by atoms with E-state index in [0.717, 1.165) is 11.3 Å². The number of aromatic nitrogens is 1. The fraction of sp³-hybridized carbons (Fsp3) is 0.353. The molecular weight excluding hydrogens is 374 g/mol. The van der Waals surface area contributed by atoms with E-state index in [1.165, 1.54) is 36.9 Å². The number of ether oxygens (including phenoxy) is 1. The molecule has 2 rings (SSSR count). The molecular formula is C17H19N3O6S. The van der Waals surface area contributed by atoms with Gasteiger partial charge in [0.15, 0.2) is 6.10 Å². The molecule has 0 fully saturated rings. The number of rotatable bonds is 8. The van der Waals surface area contributed by atoms with Gasteiger partial charge in [-0.15, -0.1) is 11.8 Å². The van der Waals surface area contributed by atoms with Crippen molar-refractivity contribution in [2.45, 2.75) is 32.6 Å². The maximum Gasteiger partial charge on any atom is 0.316 e. The van der Waals surface area contributed by atoms with Gasteiger partial charge in [-0.3, -0.25) is 19.7 Å². The molecule has 1 atom stereocenters. The minimum Gasteiger partial charge on any atom is -0.452 e. The van der Waals surface area contributed by atoms with Gasteiger partial charge in [-0.2, -0.15) is 0 Å². The number of thioether (sulfide) groups is 1. The molecule has 0 saturated carbocycles. The Kier molecular flexibility index (Phi) is 6.94. The molecule has 1 aromatic heterocycles. The van der Waals surface area contributed by atoms with E-state index in [2.05, 4.69) is 10.5 Å². The Bertz CT molecular complexity index is 831. The molecule has 0 spiro atoms. The predicted octanol–water partition coefficient (Wildman–Crippen LogP) is 3.00. The number of para-hydroxylation sites is 2.